The van der Waals surface area contributed by atoms with E-state index < -0.39 is 11.7 Å². The molecule has 0 saturated carbocycles. The molecule has 0 amide bonds. The van der Waals surface area contributed by atoms with Crippen LogP contribution in [0.2, 0.25) is 0 Å². The predicted octanol–water partition coefficient (Wildman–Crippen LogP) is 3.68. The smallest absolute Gasteiger partial charge is 0.166 e. The summed E-state index contributed by atoms with van der Waals surface area (Å²) in [6, 6.07) is 0. The van der Waals surface area contributed by atoms with Crippen molar-refractivity contribution in [2.24, 2.45) is 0 Å². The van der Waals surface area contributed by atoms with Gasteiger partial charge < -0.3 is 0 Å². The maximum Gasteiger partial charge on any atom is 0.416 e. The number of allylic oxidation sites excluding steroid dienone is 4. The molecule has 0 heterocycles. The Bertz CT molecular complexity index is 179. The Morgan fingerprint density at radius 2 is 2.00 bits per heavy atom. The van der Waals surface area contributed by atoms with E-state index in [1.54, 1.807) is 6.92 Å². The highest BCUT2D eigenvalue weighted by atomic mass is 35.5. The molecule has 12 heavy (non-hydrogen) atoms. The number of rotatable bonds is 3. The van der Waals surface area contributed by atoms with Crippen LogP contribution in [0, 0.1) is 0 Å². The lowest BCUT2D eigenvalue weighted by molar-refractivity contribution is -0.0883. The summed E-state index contributed by atoms with van der Waals surface area (Å²) in [6.07, 6.45) is -0.266. The van der Waals surface area contributed by atoms with Crippen LogP contribution in [-0.2, 0) is 0 Å². The van der Waals surface area contributed by atoms with E-state index in [4.69, 9.17) is 11.6 Å². The number of halogens is 4. The third-order valence-electron chi connectivity index (χ3n) is 1.16. The van der Waals surface area contributed by atoms with Crippen molar-refractivity contribution in [3.63, 3.8) is 0 Å². The molecule has 0 aromatic rings. The van der Waals surface area contributed by atoms with Gasteiger partial charge in [-0.2, -0.15) is 13.2 Å². The molecular formula is C8H10ClF3. The van der Waals surface area contributed by atoms with Gasteiger partial charge in [-0.05, 0) is 6.42 Å². The maximum atomic E-state index is 12.1. The molecule has 0 fully saturated rings. The van der Waals surface area contributed by atoms with Crippen molar-refractivity contribution in [2.45, 2.75) is 19.5 Å². The lowest BCUT2D eigenvalue weighted by Gasteiger charge is -2.06. The van der Waals surface area contributed by atoms with Gasteiger partial charge in [0.1, 0.15) is 0 Å². The molecule has 0 saturated heterocycles. The van der Waals surface area contributed by atoms with Crippen molar-refractivity contribution in [3.05, 3.63) is 23.8 Å². The summed E-state index contributed by atoms with van der Waals surface area (Å²) < 4.78 is 36.2. The topological polar surface area (TPSA) is 0 Å². The molecule has 0 unspecified atom stereocenters. The summed E-state index contributed by atoms with van der Waals surface area (Å²) in [5.41, 5.74) is -0.681. The van der Waals surface area contributed by atoms with Crippen molar-refractivity contribution in [2.75, 3.05) is 5.88 Å². The van der Waals surface area contributed by atoms with Crippen LogP contribution in [0.3, 0.4) is 0 Å². The fraction of sp³-hybridized carbons (Fsp3) is 0.500. The third-order valence-corrected chi connectivity index (χ3v) is 1.31. The van der Waals surface area contributed by atoms with Crippen molar-refractivity contribution in [3.8, 4) is 0 Å². The van der Waals surface area contributed by atoms with Crippen molar-refractivity contribution < 1.29 is 13.2 Å². The first-order valence-electron chi connectivity index (χ1n) is 3.52. The molecule has 4 heteroatoms. The van der Waals surface area contributed by atoms with Gasteiger partial charge in [-0.25, -0.2) is 0 Å². The highest BCUT2D eigenvalue weighted by Gasteiger charge is 2.30. The average Bonchev–Trinajstić information content (AvgIpc) is 1.95. The Morgan fingerprint density at radius 1 is 1.42 bits per heavy atom. The first-order valence-corrected chi connectivity index (χ1v) is 4.05. The van der Waals surface area contributed by atoms with Gasteiger partial charge in [0.25, 0.3) is 0 Å². The largest absolute Gasteiger partial charge is 0.416 e. The molecule has 0 aromatic heterocycles. The van der Waals surface area contributed by atoms with Crippen LogP contribution in [0.25, 0.3) is 0 Å². The molecule has 0 aliphatic carbocycles. The minimum atomic E-state index is -4.29. The Morgan fingerprint density at radius 3 is 2.33 bits per heavy atom. The highest BCUT2D eigenvalue weighted by Crippen LogP contribution is 2.26. The van der Waals surface area contributed by atoms with Crippen LogP contribution in [-0.4, -0.2) is 12.1 Å². The average molecular weight is 199 g/mol. The predicted molar refractivity (Wildman–Crippen MR) is 44.3 cm³/mol. The zero-order valence-electron chi connectivity index (χ0n) is 6.66. The quantitative estimate of drug-likeness (QED) is 0.479. The van der Waals surface area contributed by atoms with Crippen LogP contribution in [0.1, 0.15) is 13.3 Å². The maximum absolute atomic E-state index is 12.1. The fourth-order valence-electron chi connectivity index (χ4n) is 0.606. The summed E-state index contributed by atoms with van der Waals surface area (Å²) in [7, 11) is 0. The second kappa shape index (κ2) is 5.25. The van der Waals surface area contributed by atoms with E-state index in [-0.39, 0.29) is 5.88 Å². The van der Waals surface area contributed by atoms with Gasteiger partial charge in [0, 0.05) is 5.88 Å². The van der Waals surface area contributed by atoms with Crippen molar-refractivity contribution in [1.29, 1.82) is 0 Å². The van der Waals surface area contributed by atoms with E-state index in [1.165, 1.54) is 6.08 Å². The lowest BCUT2D eigenvalue weighted by Crippen LogP contribution is -2.10. The van der Waals surface area contributed by atoms with Crippen LogP contribution >= 0.6 is 11.6 Å². The normalized spacial score (nSPS) is 14.2. The standard InChI is InChI=1S/C8H10ClF3/c1-2-3-4-7(5-6-9)8(10,11)12/h3-5H,2,6H2,1H3/b4-3-,7-5+. The number of alkyl halides is 4. The monoisotopic (exact) mass is 198 g/mol. The fourth-order valence-corrected chi connectivity index (χ4v) is 0.772. The summed E-state index contributed by atoms with van der Waals surface area (Å²) in [5.74, 6) is -0.122. The van der Waals surface area contributed by atoms with Gasteiger partial charge in [0.15, 0.2) is 0 Å². The zero-order valence-corrected chi connectivity index (χ0v) is 7.41. The summed E-state index contributed by atoms with van der Waals surface area (Å²) in [5, 5.41) is 0. The molecule has 70 valence electrons. The summed E-state index contributed by atoms with van der Waals surface area (Å²) >= 11 is 5.17. The minimum Gasteiger partial charge on any atom is -0.166 e. The molecule has 0 N–H and O–H groups in total. The highest BCUT2D eigenvalue weighted by molar-refractivity contribution is 6.19. The summed E-state index contributed by atoms with van der Waals surface area (Å²) in [4.78, 5) is 0. The molecule has 0 aliphatic rings. The van der Waals surface area contributed by atoms with Crippen LogP contribution < -0.4 is 0 Å². The van der Waals surface area contributed by atoms with E-state index >= 15 is 0 Å². The number of hydrogen-bond donors (Lipinski definition) is 0. The Labute approximate surface area is 74.7 Å². The first-order chi connectivity index (χ1) is 5.52. The van der Waals surface area contributed by atoms with E-state index in [2.05, 4.69) is 0 Å². The van der Waals surface area contributed by atoms with Gasteiger partial charge in [-0.1, -0.05) is 25.2 Å². The Kier molecular flexibility index (Phi) is 5.06. The Balaban J connectivity index is 4.46. The molecule has 0 radical (unpaired) electrons. The molecule has 0 aromatic carbocycles. The zero-order chi connectivity index (χ0) is 9.61. The second-order valence-corrected chi connectivity index (χ2v) is 2.43. The van der Waals surface area contributed by atoms with Gasteiger partial charge in [0.2, 0.25) is 0 Å². The molecule has 0 aliphatic heterocycles. The first kappa shape index (κ1) is 11.6. The molecule has 0 spiro atoms. The van der Waals surface area contributed by atoms with Crippen molar-refractivity contribution >= 4 is 11.6 Å². The van der Waals surface area contributed by atoms with Gasteiger partial charge >= 0.3 is 6.18 Å². The van der Waals surface area contributed by atoms with Crippen LogP contribution in [0.15, 0.2) is 23.8 Å². The lowest BCUT2D eigenvalue weighted by atomic mass is 10.2. The molecule has 0 bridgehead atoms. The van der Waals surface area contributed by atoms with Crippen molar-refractivity contribution in [1.82, 2.24) is 0 Å². The molecule has 0 nitrogen and oxygen atoms in total. The minimum absolute atomic E-state index is 0.122. The van der Waals surface area contributed by atoms with Gasteiger partial charge in [-0.15, -0.1) is 11.6 Å². The van der Waals surface area contributed by atoms with Gasteiger partial charge in [-0.3, -0.25) is 0 Å². The van der Waals surface area contributed by atoms with Gasteiger partial charge in [0.05, 0.1) is 5.57 Å². The van der Waals surface area contributed by atoms with Crippen LogP contribution in [0.5, 0.6) is 0 Å². The van der Waals surface area contributed by atoms with E-state index in [1.807, 2.05) is 0 Å². The van der Waals surface area contributed by atoms with E-state index in [9.17, 15) is 13.2 Å². The number of hydrogen-bond acceptors (Lipinski definition) is 0. The van der Waals surface area contributed by atoms with Crippen LogP contribution in [0.4, 0.5) is 13.2 Å². The third kappa shape index (κ3) is 4.44. The van der Waals surface area contributed by atoms with E-state index in [0.29, 0.717) is 6.42 Å². The summed E-state index contributed by atoms with van der Waals surface area (Å²) in [6.45, 7) is 1.77. The second-order valence-electron chi connectivity index (χ2n) is 2.12. The molecular weight excluding hydrogens is 189 g/mol. The SMILES string of the molecule is CC/C=C\C(=C/CCl)C(F)(F)F. The molecule has 0 atom stereocenters. The van der Waals surface area contributed by atoms with E-state index in [0.717, 1.165) is 12.2 Å². The molecule has 0 rings (SSSR count). The Hall–Kier alpha value is -0.440.